The number of ether oxygens (including phenoxy) is 2. The van der Waals surface area contributed by atoms with Crippen molar-refractivity contribution in [1.29, 1.82) is 0 Å². The fourth-order valence-electron chi connectivity index (χ4n) is 6.89. The third kappa shape index (κ3) is 27.2. The zero-order chi connectivity index (χ0) is 35.7. The molecular formula is C45H84N2O2. The second-order valence-corrected chi connectivity index (χ2v) is 15.4. The standard InChI is InChI=1S/C45H84N2O2/c1-7-9-11-13-15-17-19-21-23-25-27-29-31-33-35-37-39-45(48-43(41-46(3)4)44(49-45)42-47(5)6)40-38-36-34-32-30-28-26-24-22-20-18-16-14-12-10-8-2/h15-18,21-24,43-44H,7-14,19-20,25-42H2,1-6H3/b17-15-,18-16-,23-21-,24-22-/t43-,44-/m0/s1. The minimum absolute atomic E-state index is 0.145. The Kier molecular flexibility index (Phi) is 30.6. The molecular weight excluding hydrogens is 601 g/mol. The van der Waals surface area contributed by atoms with E-state index in [1.54, 1.807) is 0 Å². The molecule has 4 nitrogen and oxygen atoms in total. The van der Waals surface area contributed by atoms with Crippen LogP contribution < -0.4 is 0 Å². The maximum Gasteiger partial charge on any atom is 0.169 e. The number of nitrogens with zero attached hydrogens (tertiary/aromatic N) is 2. The molecule has 0 N–H and O–H groups in total. The van der Waals surface area contributed by atoms with Crippen LogP contribution in [0.3, 0.4) is 0 Å². The van der Waals surface area contributed by atoms with Crippen LogP contribution in [0.1, 0.15) is 181 Å². The second-order valence-electron chi connectivity index (χ2n) is 15.4. The molecule has 0 saturated carbocycles. The van der Waals surface area contributed by atoms with Crippen LogP contribution in [0.25, 0.3) is 0 Å². The van der Waals surface area contributed by atoms with E-state index in [2.05, 4.69) is 100 Å². The lowest BCUT2D eigenvalue weighted by atomic mass is 9.98. The average Bonchev–Trinajstić information content (AvgIpc) is 3.39. The fourth-order valence-corrected chi connectivity index (χ4v) is 6.89. The van der Waals surface area contributed by atoms with Gasteiger partial charge in [-0.25, -0.2) is 0 Å². The van der Waals surface area contributed by atoms with E-state index in [1.165, 1.54) is 141 Å². The molecule has 1 fully saturated rings. The quantitative estimate of drug-likeness (QED) is 0.0497. The maximum absolute atomic E-state index is 6.91. The Morgan fingerprint density at radius 2 is 0.714 bits per heavy atom. The highest BCUT2D eigenvalue weighted by atomic mass is 16.8. The van der Waals surface area contributed by atoms with E-state index in [4.69, 9.17) is 9.47 Å². The predicted octanol–water partition coefficient (Wildman–Crippen LogP) is 13.0. The Hall–Kier alpha value is -1.20. The molecule has 1 aliphatic rings. The van der Waals surface area contributed by atoms with Gasteiger partial charge in [0.25, 0.3) is 0 Å². The summed E-state index contributed by atoms with van der Waals surface area (Å²) < 4.78 is 13.8. The molecule has 0 radical (unpaired) electrons. The van der Waals surface area contributed by atoms with Crippen molar-refractivity contribution < 1.29 is 9.47 Å². The SMILES string of the molecule is CCCCC/C=C\C/C=C\CCCCCCCCC1(CCCCCCCC/C=C\C/C=C\CCCCC)O[C@@H](CN(C)C)[C@H](CN(C)C)O1. The van der Waals surface area contributed by atoms with E-state index in [0.717, 1.165) is 38.8 Å². The molecule has 0 unspecified atom stereocenters. The molecule has 0 aromatic rings. The lowest BCUT2D eigenvalue weighted by molar-refractivity contribution is -0.187. The van der Waals surface area contributed by atoms with Gasteiger partial charge in [-0.05, 0) is 105 Å². The zero-order valence-corrected chi connectivity index (χ0v) is 33.8. The van der Waals surface area contributed by atoms with E-state index in [-0.39, 0.29) is 12.2 Å². The second kappa shape index (κ2) is 32.7. The normalized spacial score (nSPS) is 18.3. The van der Waals surface area contributed by atoms with Crippen LogP contribution in [0.4, 0.5) is 0 Å². The van der Waals surface area contributed by atoms with Crippen molar-refractivity contribution in [1.82, 2.24) is 9.80 Å². The Morgan fingerprint density at radius 3 is 1.04 bits per heavy atom. The smallest absolute Gasteiger partial charge is 0.169 e. The largest absolute Gasteiger partial charge is 0.343 e. The number of allylic oxidation sites excluding steroid dienone is 8. The molecule has 1 aliphatic heterocycles. The number of likely N-dealkylation sites (N-methyl/N-ethyl adjacent to an activating group) is 2. The highest BCUT2D eigenvalue weighted by molar-refractivity contribution is 4.94. The van der Waals surface area contributed by atoms with Crippen molar-refractivity contribution in [3.63, 3.8) is 0 Å². The molecule has 1 rings (SSSR count). The van der Waals surface area contributed by atoms with Gasteiger partial charge in [-0.1, -0.05) is 140 Å². The molecule has 0 aromatic heterocycles. The van der Waals surface area contributed by atoms with Crippen LogP contribution in [0.5, 0.6) is 0 Å². The van der Waals surface area contributed by atoms with Crippen LogP contribution in [-0.2, 0) is 9.47 Å². The van der Waals surface area contributed by atoms with Crippen LogP contribution >= 0.6 is 0 Å². The number of rotatable bonds is 34. The Balaban J connectivity index is 2.34. The van der Waals surface area contributed by atoms with Gasteiger partial charge in [-0.2, -0.15) is 0 Å². The maximum atomic E-state index is 6.91. The summed E-state index contributed by atoms with van der Waals surface area (Å²) in [5.41, 5.74) is 0. The van der Waals surface area contributed by atoms with Gasteiger partial charge in [0, 0.05) is 25.9 Å². The topological polar surface area (TPSA) is 24.9 Å². The monoisotopic (exact) mass is 685 g/mol. The van der Waals surface area contributed by atoms with E-state index in [1.807, 2.05) is 0 Å². The van der Waals surface area contributed by atoms with Gasteiger partial charge in [-0.3, -0.25) is 0 Å². The van der Waals surface area contributed by atoms with Crippen LogP contribution in [0.15, 0.2) is 48.6 Å². The lowest BCUT2D eigenvalue weighted by Crippen LogP contribution is -2.39. The first-order valence-electron chi connectivity index (χ1n) is 21.2. The van der Waals surface area contributed by atoms with E-state index in [9.17, 15) is 0 Å². The van der Waals surface area contributed by atoms with Crippen LogP contribution in [0, 0.1) is 0 Å². The molecule has 2 atom stereocenters. The molecule has 4 heteroatoms. The van der Waals surface area contributed by atoms with Gasteiger partial charge in [0.2, 0.25) is 0 Å². The van der Waals surface area contributed by atoms with Gasteiger partial charge in [0.1, 0.15) is 12.2 Å². The summed E-state index contributed by atoms with van der Waals surface area (Å²) in [5.74, 6) is -0.397. The summed E-state index contributed by atoms with van der Waals surface area (Å²) in [6.07, 6.45) is 52.0. The van der Waals surface area contributed by atoms with Gasteiger partial charge >= 0.3 is 0 Å². The zero-order valence-electron chi connectivity index (χ0n) is 33.8. The van der Waals surface area contributed by atoms with Crippen molar-refractivity contribution in [2.24, 2.45) is 0 Å². The van der Waals surface area contributed by atoms with Gasteiger partial charge in [-0.15, -0.1) is 0 Å². The third-order valence-electron chi connectivity index (χ3n) is 9.75. The first kappa shape index (κ1) is 45.8. The minimum atomic E-state index is -0.397. The van der Waals surface area contributed by atoms with Crippen molar-refractivity contribution in [3.8, 4) is 0 Å². The molecule has 49 heavy (non-hydrogen) atoms. The summed E-state index contributed by atoms with van der Waals surface area (Å²) in [5, 5.41) is 0. The van der Waals surface area contributed by atoms with Crippen molar-refractivity contribution >= 4 is 0 Å². The predicted molar refractivity (Wildman–Crippen MR) is 218 cm³/mol. The molecule has 1 heterocycles. The van der Waals surface area contributed by atoms with E-state index >= 15 is 0 Å². The third-order valence-corrected chi connectivity index (χ3v) is 9.75. The summed E-state index contributed by atoms with van der Waals surface area (Å²) in [4.78, 5) is 4.52. The average molecular weight is 685 g/mol. The first-order chi connectivity index (χ1) is 23.9. The lowest BCUT2D eigenvalue weighted by Gasteiger charge is -2.29. The molecule has 286 valence electrons. The Bertz CT molecular complexity index is 762. The summed E-state index contributed by atoms with van der Waals surface area (Å²) >= 11 is 0. The number of unbranched alkanes of at least 4 members (excludes halogenated alkanes) is 18. The molecule has 1 saturated heterocycles. The Morgan fingerprint density at radius 1 is 0.408 bits per heavy atom. The summed E-state index contributed by atoms with van der Waals surface area (Å²) in [7, 11) is 8.61. The molecule has 0 bridgehead atoms. The first-order valence-corrected chi connectivity index (χ1v) is 21.2. The van der Waals surface area contributed by atoms with Crippen molar-refractivity contribution in [3.05, 3.63) is 48.6 Å². The molecule has 0 aromatic carbocycles. The molecule has 0 spiro atoms. The van der Waals surface area contributed by atoms with E-state index < -0.39 is 5.79 Å². The highest BCUT2D eigenvalue weighted by Gasteiger charge is 2.46. The highest BCUT2D eigenvalue weighted by Crippen LogP contribution is 2.38. The van der Waals surface area contributed by atoms with Crippen LogP contribution in [0.2, 0.25) is 0 Å². The summed E-state index contributed by atoms with van der Waals surface area (Å²) in [6.45, 7) is 6.39. The minimum Gasteiger partial charge on any atom is -0.343 e. The van der Waals surface area contributed by atoms with Crippen LogP contribution in [-0.4, -0.2) is 69.1 Å². The fraction of sp³-hybridized carbons (Fsp3) is 0.822. The number of hydrogen-bond acceptors (Lipinski definition) is 4. The van der Waals surface area contributed by atoms with Gasteiger partial charge in [0.05, 0.1) is 0 Å². The van der Waals surface area contributed by atoms with Crippen molar-refractivity contribution in [2.45, 2.75) is 199 Å². The van der Waals surface area contributed by atoms with Gasteiger partial charge < -0.3 is 19.3 Å². The van der Waals surface area contributed by atoms with Crippen molar-refractivity contribution in [2.75, 3.05) is 41.3 Å². The molecule has 0 amide bonds. The molecule has 0 aliphatic carbocycles. The Labute approximate surface area is 307 Å². The van der Waals surface area contributed by atoms with Gasteiger partial charge in [0.15, 0.2) is 5.79 Å². The van der Waals surface area contributed by atoms with E-state index in [0.29, 0.717) is 0 Å². The number of hydrogen-bond donors (Lipinski definition) is 0. The summed E-state index contributed by atoms with van der Waals surface area (Å²) in [6, 6.07) is 0.